The molecule has 0 bridgehead atoms. The van der Waals surface area contributed by atoms with Crippen LogP contribution in [-0.4, -0.2) is 53.7 Å². The molecule has 2 N–H and O–H groups in total. The van der Waals surface area contributed by atoms with Crippen molar-refractivity contribution in [1.29, 1.82) is 0 Å². The van der Waals surface area contributed by atoms with Crippen molar-refractivity contribution in [3.05, 3.63) is 0 Å². The van der Waals surface area contributed by atoms with Crippen LogP contribution in [-0.2, 0) is 14.3 Å². The van der Waals surface area contributed by atoms with Gasteiger partial charge in [-0.25, -0.2) is 9.59 Å². The number of carboxylic acids is 1. The van der Waals surface area contributed by atoms with Crippen LogP contribution < -0.4 is 5.32 Å². The van der Waals surface area contributed by atoms with Crippen LogP contribution in [0.5, 0.6) is 0 Å². The van der Waals surface area contributed by atoms with Crippen molar-refractivity contribution < 1.29 is 24.2 Å². The maximum atomic E-state index is 11.5. The Morgan fingerprint density at radius 1 is 1.35 bits per heavy atom. The first-order chi connectivity index (χ1) is 7.73. The topological polar surface area (TPSA) is 95.9 Å². The molecule has 98 valence electrons. The Morgan fingerprint density at radius 2 is 1.88 bits per heavy atom. The molecule has 2 amide bonds. The number of carbonyl (C=O) groups is 3. The van der Waals surface area contributed by atoms with Gasteiger partial charge in [-0.15, -0.1) is 0 Å². The van der Waals surface area contributed by atoms with Gasteiger partial charge in [0.2, 0.25) is 0 Å². The fraction of sp³-hybridized carbons (Fsp3) is 0.700. The molecule has 0 saturated carbocycles. The number of nitrogens with one attached hydrogen (secondary N) is 1. The summed E-state index contributed by atoms with van der Waals surface area (Å²) in [6, 6.07) is -0.648. The highest BCUT2D eigenvalue weighted by Gasteiger charge is 2.35. The minimum atomic E-state index is -1.35. The molecule has 17 heavy (non-hydrogen) atoms. The van der Waals surface area contributed by atoms with Crippen LogP contribution in [0, 0.1) is 0 Å². The van der Waals surface area contributed by atoms with Crippen LogP contribution in [0.25, 0.3) is 0 Å². The Bertz CT molecular complexity index is 314. The van der Waals surface area contributed by atoms with E-state index in [1.165, 1.54) is 20.9 Å². The first-order valence-electron chi connectivity index (χ1n) is 5.14. The molecule has 0 unspecified atom stereocenters. The fourth-order valence-electron chi connectivity index (χ4n) is 0.876. The third-order valence-electron chi connectivity index (χ3n) is 2.36. The number of likely N-dealkylation sites (N-methyl/N-ethyl adjacent to an activating group) is 1. The van der Waals surface area contributed by atoms with Crippen LogP contribution in [0.1, 0.15) is 20.8 Å². The lowest BCUT2D eigenvalue weighted by Gasteiger charge is -2.31. The van der Waals surface area contributed by atoms with Crippen molar-refractivity contribution in [3.63, 3.8) is 0 Å². The number of hydrogen-bond acceptors (Lipinski definition) is 4. The molecule has 0 aromatic carbocycles. The van der Waals surface area contributed by atoms with Gasteiger partial charge >= 0.3 is 18.0 Å². The zero-order valence-electron chi connectivity index (χ0n) is 10.4. The number of rotatable bonds is 5. The highest BCUT2D eigenvalue weighted by Crippen LogP contribution is 2.12. The van der Waals surface area contributed by atoms with Crippen molar-refractivity contribution in [2.75, 3.05) is 20.2 Å². The van der Waals surface area contributed by atoms with Gasteiger partial charge in [-0.3, -0.25) is 4.79 Å². The molecule has 0 rings (SSSR count). The molecule has 0 saturated heterocycles. The van der Waals surface area contributed by atoms with Crippen LogP contribution in [0.4, 0.5) is 4.79 Å². The summed E-state index contributed by atoms with van der Waals surface area (Å²) in [5.74, 6) is -1.70. The zero-order valence-corrected chi connectivity index (χ0v) is 10.4. The predicted molar refractivity (Wildman–Crippen MR) is 59.5 cm³/mol. The van der Waals surface area contributed by atoms with Crippen molar-refractivity contribution in [1.82, 2.24) is 10.2 Å². The fourth-order valence-corrected chi connectivity index (χ4v) is 0.876. The van der Waals surface area contributed by atoms with E-state index < -0.39 is 23.5 Å². The third-order valence-corrected chi connectivity index (χ3v) is 2.36. The number of urea groups is 1. The van der Waals surface area contributed by atoms with E-state index in [1.54, 1.807) is 6.92 Å². The van der Waals surface area contributed by atoms with Crippen molar-refractivity contribution in [2.24, 2.45) is 0 Å². The average Bonchev–Trinajstić information content (AvgIpc) is 2.24. The van der Waals surface area contributed by atoms with Gasteiger partial charge in [0.05, 0.1) is 6.61 Å². The summed E-state index contributed by atoms with van der Waals surface area (Å²) in [6.45, 7) is 4.37. The monoisotopic (exact) mass is 246 g/mol. The van der Waals surface area contributed by atoms with E-state index in [2.05, 4.69) is 10.1 Å². The molecule has 0 heterocycles. The van der Waals surface area contributed by atoms with E-state index in [9.17, 15) is 14.4 Å². The van der Waals surface area contributed by atoms with Crippen LogP contribution in [0.3, 0.4) is 0 Å². The van der Waals surface area contributed by atoms with E-state index >= 15 is 0 Å². The van der Waals surface area contributed by atoms with Crippen molar-refractivity contribution in [2.45, 2.75) is 26.3 Å². The van der Waals surface area contributed by atoms with E-state index in [0.717, 1.165) is 4.90 Å². The Balaban J connectivity index is 4.33. The molecule has 0 atom stereocenters. The number of nitrogens with zero attached hydrogens (tertiary/aromatic N) is 1. The van der Waals surface area contributed by atoms with Gasteiger partial charge in [-0.2, -0.15) is 0 Å². The molecular weight excluding hydrogens is 228 g/mol. The molecule has 0 aliphatic heterocycles. The minimum Gasteiger partial charge on any atom is -0.480 e. The molecule has 0 radical (unpaired) electrons. The number of carboxylic acid groups (broad SMARTS) is 1. The maximum absolute atomic E-state index is 11.5. The molecule has 7 nitrogen and oxygen atoms in total. The normalized spacial score (nSPS) is 10.6. The standard InChI is InChI=1S/C10H18N2O5/c1-5-17-7(13)6-11-9(16)12(4)10(2,3)8(14)15/h5-6H2,1-4H3,(H,11,16)(H,14,15). The van der Waals surface area contributed by atoms with Gasteiger partial charge in [0.25, 0.3) is 0 Å². The van der Waals surface area contributed by atoms with E-state index in [0.29, 0.717) is 0 Å². The lowest BCUT2D eigenvalue weighted by molar-refractivity contribution is -0.146. The van der Waals surface area contributed by atoms with Crippen LogP contribution in [0.2, 0.25) is 0 Å². The van der Waals surface area contributed by atoms with Gasteiger partial charge in [0.1, 0.15) is 12.1 Å². The van der Waals surface area contributed by atoms with Gasteiger partial charge in [-0.05, 0) is 20.8 Å². The number of amides is 2. The first kappa shape index (κ1) is 15.2. The summed E-state index contributed by atoms with van der Waals surface area (Å²) < 4.78 is 4.62. The van der Waals surface area contributed by atoms with E-state index in [4.69, 9.17) is 5.11 Å². The summed E-state index contributed by atoms with van der Waals surface area (Å²) in [4.78, 5) is 34.4. The summed E-state index contributed by atoms with van der Waals surface area (Å²) in [6.07, 6.45) is 0. The summed E-state index contributed by atoms with van der Waals surface area (Å²) in [7, 11) is 1.34. The van der Waals surface area contributed by atoms with Crippen molar-refractivity contribution in [3.8, 4) is 0 Å². The molecule has 0 aliphatic carbocycles. The lowest BCUT2D eigenvalue weighted by Crippen LogP contribution is -2.54. The molecule has 0 fully saturated rings. The first-order valence-corrected chi connectivity index (χ1v) is 5.14. The molecule has 0 spiro atoms. The number of ether oxygens (including phenoxy) is 1. The SMILES string of the molecule is CCOC(=O)CNC(=O)N(C)C(C)(C)C(=O)O. The van der Waals surface area contributed by atoms with E-state index in [1.807, 2.05) is 0 Å². The molecular formula is C10H18N2O5. The second-order valence-corrected chi connectivity index (χ2v) is 3.89. The summed E-state index contributed by atoms with van der Waals surface area (Å²) >= 11 is 0. The van der Waals surface area contributed by atoms with Crippen LogP contribution in [0.15, 0.2) is 0 Å². The molecule has 0 aliphatic rings. The molecule has 0 aromatic rings. The summed E-state index contributed by atoms with van der Waals surface area (Å²) in [5, 5.41) is 11.2. The Labute approximate surface area is 99.7 Å². The predicted octanol–water partition coefficient (Wildman–Crippen LogP) is 0.0541. The van der Waals surface area contributed by atoms with Gasteiger partial charge in [0, 0.05) is 7.05 Å². The smallest absolute Gasteiger partial charge is 0.329 e. The number of aliphatic carboxylic acids is 1. The third kappa shape index (κ3) is 4.29. The Morgan fingerprint density at radius 3 is 2.29 bits per heavy atom. The van der Waals surface area contributed by atoms with Crippen molar-refractivity contribution >= 4 is 18.0 Å². The van der Waals surface area contributed by atoms with Gasteiger partial charge in [-0.1, -0.05) is 0 Å². The number of carbonyl (C=O) groups excluding carboxylic acids is 2. The van der Waals surface area contributed by atoms with Gasteiger partial charge < -0.3 is 20.1 Å². The maximum Gasteiger partial charge on any atom is 0.329 e. The van der Waals surface area contributed by atoms with Gasteiger partial charge in [0.15, 0.2) is 0 Å². The number of esters is 1. The molecule has 7 heteroatoms. The van der Waals surface area contributed by atoms with Crippen LogP contribution >= 0.6 is 0 Å². The highest BCUT2D eigenvalue weighted by molar-refractivity contribution is 5.87. The quantitative estimate of drug-likeness (QED) is 0.668. The molecule has 0 aromatic heterocycles. The Kier molecular flexibility index (Phi) is 5.43. The lowest BCUT2D eigenvalue weighted by atomic mass is 10.1. The Hall–Kier alpha value is -1.79. The highest BCUT2D eigenvalue weighted by atomic mass is 16.5. The largest absolute Gasteiger partial charge is 0.480 e. The second-order valence-electron chi connectivity index (χ2n) is 3.89. The average molecular weight is 246 g/mol. The second kappa shape index (κ2) is 6.07. The van der Waals surface area contributed by atoms with E-state index in [-0.39, 0.29) is 13.2 Å². The summed E-state index contributed by atoms with van der Waals surface area (Å²) in [5.41, 5.74) is -1.35. The zero-order chi connectivity index (χ0) is 13.6. The minimum absolute atomic E-state index is 0.227. The number of hydrogen-bond donors (Lipinski definition) is 2.